The Hall–Kier alpha value is -1.27. The molecule has 1 aromatic rings. The second kappa shape index (κ2) is 4.50. The van der Waals surface area contributed by atoms with E-state index in [1.54, 1.807) is 10.7 Å². The zero-order valence-corrected chi connectivity index (χ0v) is 8.46. The monoisotopic (exact) mass is 253 g/mol. The molecule has 0 saturated heterocycles. The third-order valence-corrected chi connectivity index (χ3v) is 2.53. The van der Waals surface area contributed by atoms with Gasteiger partial charge in [-0.15, -0.1) is 11.3 Å². The van der Waals surface area contributed by atoms with Crippen molar-refractivity contribution in [3.8, 4) is 5.40 Å². The molecule has 9 heteroatoms. The van der Waals surface area contributed by atoms with Gasteiger partial charge in [0, 0.05) is 17.1 Å². The lowest BCUT2D eigenvalue weighted by molar-refractivity contribution is -0.167. The highest BCUT2D eigenvalue weighted by Crippen LogP contribution is 2.25. The molecule has 0 aromatic carbocycles. The normalized spacial score (nSPS) is 10.8. The summed E-state index contributed by atoms with van der Waals surface area (Å²) in [6.45, 7) is 0. The molecule has 0 spiro atoms. The van der Waals surface area contributed by atoms with Gasteiger partial charge in [0.25, 0.3) is 0 Å². The van der Waals surface area contributed by atoms with E-state index in [0.717, 1.165) is 11.3 Å². The van der Waals surface area contributed by atoms with E-state index in [0.29, 0.717) is 11.8 Å². The predicted octanol–water partition coefficient (Wildman–Crippen LogP) is 2.22. The summed E-state index contributed by atoms with van der Waals surface area (Å²) >= 11 is 1.52. The Labute approximate surface area is 90.1 Å². The fraction of sp³-hybridized carbons (Fsp3) is 0.167. The third kappa shape index (κ3) is 3.41. The molecule has 0 radical (unpaired) electrons. The number of alkyl halides is 3. The van der Waals surface area contributed by atoms with Crippen molar-refractivity contribution in [3.63, 3.8) is 0 Å². The van der Waals surface area contributed by atoms with Gasteiger partial charge in [0.05, 0.1) is 0 Å². The first-order valence-corrected chi connectivity index (χ1v) is 5.02. The van der Waals surface area contributed by atoms with Crippen LogP contribution in [0, 0.1) is 10.7 Å². The van der Waals surface area contributed by atoms with Gasteiger partial charge < -0.3 is 0 Å². The van der Waals surface area contributed by atoms with Crippen molar-refractivity contribution < 1.29 is 18.0 Å². The molecule has 15 heavy (non-hydrogen) atoms. The van der Waals surface area contributed by atoms with Gasteiger partial charge in [-0.25, -0.2) is 4.98 Å². The van der Waals surface area contributed by atoms with Crippen LogP contribution >= 0.6 is 23.1 Å². The summed E-state index contributed by atoms with van der Waals surface area (Å²) in [5.41, 5.74) is 0. The van der Waals surface area contributed by atoms with Crippen LogP contribution in [0.2, 0.25) is 0 Å². The first-order valence-electron chi connectivity index (χ1n) is 3.33. The van der Waals surface area contributed by atoms with Crippen LogP contribution in [0.4, 0.5) is 18.3 Å². The highest BCUT2D eigenvalue weighted by molar-refractivity contribution is 8.03. The molecule has 4 nitrogen and oxygen atoms in total. The number of carbonyl (C=O) groups is 1. The number of nitriles is 1. The fourth-order valence-corrected chi connectivity index (χ4v) is 1.77. The van der Waals surface area contributed by atoms with Crippen LogP contribution in [-0.2, 0) is 4.79 Å². The van der Waals surface area contributed by atoms with Crippen molar-refractivity contribution in [2.45, 2.75) is 11.2 Å². The topological polar surface area (TPSA) is 65.8 Å². The number of nitrogens with zero attached hydrogens (tertiary/aromatic N) is 2. The molecule has 0 bridgehead atoms. The lowest BCUT2D eigenvalue weighted by atomic mass is 10.6. The Morgan fingerprint density at radius 2 is 2.33 bits per heavy atom. The number of thiazole rings is 1. The number of thiocyanates is 1. The molecule has 80 valence electrons. The Bertz CT molecular complexity index is 408. The van der Waals surface area contributed by atoms with Crippen molar-refractivity contribution in [2.24, 2.45) is 0 Å². The Balaban J connectivity index is 2.66. The van der Waals surface area contributed by atoms with Gasteiger partial charge in [-0.2, -0.15) is 18.4 Å². The number of anilines is 1. The van der Waals surface area contributed by atoms with E-state index >= 15 is 0 Å². The first kappa shape index (κ1) is 11.8. The summed E-state index contributed by atoms with van der Waals surface area (Å²) < 4.78 is 35.4. The lowest BCUT2D eigenvalue weighted by Gasteiger charge is -2.03. The summed E-state index contributed by atoms with van der Waals surface area (Å²) in [7, 11) is 0. The van der Waals surface area contributed by atoms with Crippen LogP contribution in [0.5, 0.6) is 0 Å². The zero-order valence-electron chi connectivity index (χ0n) is 6.83. The molecule has 0 atom stereocenters. The van der Waals surface area contributed by atoms with Gasteiger partial charge >= 0.3 is 12.1 Å². The molecular weight excluding hydrogens is 251 g/mol. The fourth-order valence-electron chi connectivity index (χ4n) is 0.578. The van der Waals surface area contributed by atoms with Gasteiger partial charge in [-0.1, -0.05) is 0 Å². The number of aromatic nitrogens is 1. The molecular formula is C6H2F3N3OS2. The van der Waals surface area contributed by atoms with Gasteiger partial charge in [0.15, 0.2) is 5.13 Å². The minimum atomic E-state index is -4.94. The van der Waals surface area contributed by atoms with Gasteiger partial charge in [-0.05, 0) is 0 Å². The van der Waals surface area contributed by atoms with E-state index in [4.69, 9.17) is 5.26 Å². The molecule has 1 amide bonds. The minimum absolute atomic E-state index is 0.185. The molecule has 1 aromatic heterocycles. The third-order valence-electron chi connectivity index (χ3n) is 1.11. The van der Waals surface area contributed by atoms with Crippen LogP contribution in [0.3, 0.4) is 0 Å². The smallest absolute Gasteiger partial charge is 0.294 e. The number of halogens is 3. The second-order valence-corrected chi connectivity index (χ2v) is 3.80. The van der Waals surface area contributed by atoms with Crippen LogP contribution < -0.4 is 5.32 Å². The number of carbonyl (C=O) groups excluding carboxylic acids is 1. The lowest BCUT2D eigenvalue weighted by Crippen LogP contribution is -2.29. The molecule has 0 fully saturated rings. The largest absolute Gasteiger partial charge is 0.471 e. The van der Waals surface area contributed by atoms with Crippen molar-refractivity contribution in [3.05, 3.63) is 5.38 Å². The predicted molar refractivity (Wildman–Crippen MR) is 48.3 cm³/mol. The zero-order chi connectivity index (χ0) is 11.5. The van der Waals surface area contributed by atoms with Crippen molar-refractivity contribution in [1.29, 1.82) is 5.26 Å². The maximum atomic E-state index is 11.8. The van der Waals surface area contributed by atoms with E-state index in [2.05, 4.69) is 4.98 Å². The maximum absolute atomic E-state index is 11.8. The molecule has 0 aliphatic rings. The van der Waals surface area contributed by atoms with E-state index in [9.17, 15) is 18.0 Å². The quantitative estimate of drug-likeness (QED) is 0.648. The summed E-state index contributed by atoms with van der Waals surface area (Å²) in [4.78, 5) is 14.0. The Morgan fingerprint density at radius 1 is 1.67 bits per heavy atom. The maximum Gasteiger partial charge on any atom is 0.471 e. The van der Waals surface area contributed by atoms with Crippen LogP contribution in [0.25, 0.3) is 0 Å². The van der Waals surface area contributed by atoms with E-state index in [1.807, 2.05) is 0 Å². The summed E-state index contributed by atoms with van der Waals surface area (Å²) in [5, 5.41) is 13.0. The average Bonchev–Trinajstić information content (AvgIpc) is 2.51. The highest BCUT2D eigenvalue weighted by Gasteiger charge is 2.39. The summed E-state index contributed by atoms with van der Waals surface area (Å²) in [6.07, 6.45) is -4.94. The van der Waals surface area contributed by atoms with Crippen molar-refractivity contribution in [1.82, 2.24) is 4.98 Å². The first-order chi connectivity index (χ1) is 6.93. The SMILES string of the molecule is N#CSc1csc(NC(=O)C(F)(F)F)n1. The van der Waals surface area contributed by atoms with Crippen LogP contribution in [0.1, 0.15) is 0 Å². The molecule has 1 N–H and O–H groups in total. The average molecular weight is 253 g/mol. The molecule has 0 saturated carbocycles. The van der Waals surface area contributed by atoms with E-state index in [1.165, 1.54) is 5.38 Å². The summed E-state index contributed by atoms with van der Waals surface area (Å²) in [6, 6.07) is 0. The Morgan fingerprint density at radius 3 is 2.87 bits per heavy atom. The van der Waals surface area contributed by atoms with E-state index < -0.39 is 12.1 Å². The molecule has 0 aliphatic carbocycles. The van der Waals surface area contributed by atoms with Crippen LogP contribution in [0.15, 0.2) is 10.4 Å². The van der Waals surface area contributed by atoms with Crippen molar-refractivity contribution in [2.75, 3.05) is 5.32 Å². The standard InChI is InChI=1S/C6H2F3N3OS2/c7-6(8,9)4(13)12-5-11-3(1-14-5)15-2-10/h1H,(H,11,12,13). The molecule has 0 unspecified atom stereocenters. The number of nitrogens with one attached hydrogen (secondary N) is 1. The number of thioether (sulfide) groups is 1. The Kier molecular flexibility index (Phi) is 3.54. The van der Waals surface area contributed by atoms with Crippen LogP contribution in [-0.4, -0.2) is 17.1 Å². The van der Waals surface area contributed by atoms with Gasteiger partial charge in [0.2, 0.25) is 0 Å². The summed E-state index contributed by atoms with van der Waals surface area (Å²) in [5.74, 6) is -2.08. The molecule has 1 heterocycles. The molecule has 1 rings (SSSR count). The molecule has 0 aliphatic heterocycles. The highest BCUT2D eigenvalue weighted by atomic mass is 32.2. The van der Waals surface area contributed by atoms with Gasteiger partial charge in [-0.3, -0.25) is 10.1 Å². The second-order valence-electron chi connectivity index (χ2n) is 2.14. The minimum Gasteiger partial charge on any atom is -0.294 e. The van der Waals surface area contributed by atoms with E-state index in [-0.39, 0.29) is 10.2 Å². The van der Waals surface area contributed by atoms with Gasteiger partial charge in [0.1, 0.15) is 10.4 Å². The number of rotatable bonds is 2. The number of amides is 1. The number of hydrogen-bond acceptors (Lipinski definition) is 5. The van der Waals surface area contributed by atoms with Crippen molar-refractivity contribution >= 4 is 34.1 Å². The number of hydrogen-bond donors (Lipinski definition) is 1.